The number of imide groups is 1. The molecule has 2 saturated carbocycles. The van der Waals surface area contributed by atoms with Crippen molar-refractivity contribution < 1.29 is 29.5 Å². The first-order chi connectivity index (χ1) is 13.7. The number of quaternary nitrogens is 1. The molecule has 1 saturated heterocycles. The molecule has 3 rings (SSSR count). The summed E-state index contributed by atoms with van der Waals surface area (Å²) in [6.45, 7) is 4.92. The first kappa shape index (κ1) is 23.6. The van der Waals surface area contributed by atoms with Gasteiger partial charge in [-0.1, -0.05) is 12.8 Å². The summed E-state index contributed by atoms with van der Waals surface area (Å²) in [5.41, 5.74) is -0.767. The Bertz CT molecular complexity index is 544. The van der Waals surface area contributed by atoms with Gasteiger partial charge in [0.15, 0.2) is 0 Å². The number of carbonyl (C=O) groups excluding carboxylic acids is 3. The first-order valence-corrected chi connectivity index (χ1v) is 11.3. The molecule has 0 aromatic carbocycles. The molecule has 7 nitrogen and oxygen atoms in total. The molecule has 2 aliphatic carbocycles. The second-order valence-electron chi connectivity index (χ2n) is 9.61. The molecule has 0 bridgehead atoms. The van der Waals surface area contributed by atoms with Crippen LogP contribution >= 0.6 is 0 Å². The third-order valence-corrected chi connectivity index (χ3v) is 5.92. The average Bonchev–Trinajstić information content (AvgIpc) is 3.05. The Morgan fingerprint density at radius 2 is 1.41 bits per heavy atom. The van der Waals surface area contributed by atoms with E-state index < -0.39 is 29.6 Å². The van der Waals surface area contributed by atoms with Crippen molar-refractivity contribution in [2.24, 2.45) is 0 Å². The lowest BCUT2D eigenvalue weighted by molar-refractivity contribution is -0.725. The molecule has 1 unspecified atom stereocenters. The molecule has 0 aromatic heterocycles. The number of rotatable bonds is 3. The van der Waals surface area contributed by atoms with Gasteiger partial charge >= 0.3 is 6.09 Å². The average molecular weight is 411 g/mol. The van der Waals surface area contributed by atoms with E-state index >= 15 is 0 Å². The van der Waals surface area contributed by atoms with E-state index in [1.54, 1.807) is 20.8 Å². The van der Waals surface area contributed by atoms with Crippen LogP contribution in [0.3, 0.4) is 0 Å². The number of ether oxygens (including phenoxy) is 1. The number of nitrogens with two attached hydrogens (primary N) is 1. The molecule has 166 valence electrons. The van der Waals surface area contributed by atoms with Gasteiger partial charge in [-0.25, -0.2) is 9.69 Å². The standard InChI is InChI=1S/C12H23N.C10H15NO5/c1-3-7-11(8-4-1)13-12-9-5-2-6-10-12;1-10(2,3)16-9(15)11-6(8(13)14)4-5-7(11)12/h11-13H,1-10H2;6H,4-5H2,1-3H3,(H,13,14). The van der Waals surface area contributed by atoms with Gasteiger partial charge in [0.1, 0.15) is 5.60 Å². The summed E-state index contributed by atoms with van der Waals surface area (Å²) < 4.78 is 4.95. The Balaban J connectivity index is 0.000000211. The van der Waals surface area contributed by atoms with Crippen molar-refractivity contribution in [3.63, 3.8) is 0 Å². The molecule has 0 aromatic rings. The SMILES string of the molecule is C1CCC([NH2+]C2CCCCC2)CC1.CC(C)(C)OC(=O)N1C(=O)CCC1C(=O)[O-]. The van der Waals surface area contributed by atoms with Crippen molar-refractivity contribution in [3.8, 4) is 0 Å². The Morgan fingerprint density at radius 3 is 1.83 bits per heavy atom. The summed E-state index contributed by atoms with van der Waals surface area (Å²) in [5, 5.41) is 13.4. The number of carboxylic acids is 1. The van der Waals surface area contributed by atoms with Crippen LogP contribution in [0.4, 0.5) is 4.79 Å². The van der Waals surface area contributed by atoms with Gasteiger partial charge < -0.3 is 20.0 Å². The smallest absolute Gasteiger partial charge is 0.417 e. The number of hydrogen-bond acceptors (Lipinski definition) is 5. The molecule has 0 radical (unpaired) electrons. The van der Waals surface area contributed by atoms with Crippen molar-refractivity contribution >= 4 is 18.0 Å². The van der Waals surface area contributed by atoms with E-state index in [1.807, 2.05) is 0 Å². The van der Waals surface area contributed by atoms with Crippen molar-refractivity contribution in [1.29, 1.82) is 0 Å². The van der Waals surface area contributed by atoms with Gasteiger partial charge in [0.05, 0.1) is 24.1 Å². The van der Waals surface area contributed by atoms with E-state index in [0.29, 0.717) is 4.90 Å². The molecule has 1 heterocycles. The number of likely N-dealkylation sites (tertiary alicyclic amines) is 1. The number of aliphatic carboxylic acids is 1. The lowest BCUT2D eigenvalue weighted by atomic mass is 9.91. The first-order valence-electron chi connectivity index (χ1n) is 11.3. The second-order valence-corrected chi connectivity index (χ2v) is 9.61. The molecule has 1 aliphatic heterocycles. The zero-order valence-electron chi connectivity index (χ0n) is 18.3. The van der Waals surface area contributed by atoms with Gasteiger partial charge in [-0.3, -0.25) is 4.79 Å². The molecule has 3 aliphatic rings. The molecule has 3 fully saturated rings. The molecule has 0 spiro atoms. The summed E-state index contributed by atoms with van der Waals surface area (Å²) in [4.78, 5) is 34.3. The molecule has 29 heavy (non-hydrogen) atoms. The highest BCUT2D eigenvalue weighted by molar-refractivity contribution is 5.98. The Labute approximate surface area is 174 Å². The molecular formula is C22H38N2O5. The zero-order chi connectivity index (χ0) is 21.4. The molecular weight excluding hydrogens is 372 g/mol. The molecule has 2 N–H and O–H groups in total. The van der Waals surface area contributed by atoms with E-state index in [0.717, 1.165) is 12.1 Å². The summed E-state index contributed by atoms with van der Waals surface area (Å²) in [6.07, 6.45) is 14.1. The van der Waals surface area contributed by atoms with Crippen molar-refractivity contribution in [3.05, 3.63) is 0 Å². The second kappa shape index (κ2) is 11.0. The van der Waals surface area contributed by atoms with E-state index in [1.165, 1.54) is 64.2 Å². The Hall–Kier alpha value is -1.63. The van der Waals surface area contributed by atoms with Crippen LogP contribution in [0.25, 0.3) is 0 Å². The number of carboxylic acid groups (broad SMARTS) is 1. The fraction of sp³-hybridized carbons (Fsp3) is 0.864. The topological polar surface area (TPSA) is 103 Å². The zero-order valence-corrected chi connectivity index (χ0v) is 18.3. The summed E-state index contributed by atoms with van der Waals surface area (Å²) in [6, 6.07) is 0.788. The monoisotopic (exact) mass is 410 g/mol. The van der Waals surface area contributed by atoms with Crippen molar-refractivity contribution in [1.82, 2.24) is 4.90 Å². The summed E-state index contributed by atoms with van der Waals surface area (Å²) >= 11 is 0. The molecule has 7 heteroatoms. The van der Waals surface area contributed by atoms with E-state index in [9.17, 15) is 19.5 Å². The lowest BCUT2D eigenvalue weighted by Crippen LogP contribution is -2.95. The number of amides is 2. The van der Waals surface area contributed by atoms with Crippen molar-refractivity contribution in [2.45, 2.75) is 122 Å². The maximum absolute atomic E-state index is 11.6. The fourth-order valence-corrected chi connectivity index (χ4v) is 4.49. The normalized spacial score (nSPS) is 24.0. The van der Waals surface area contributed by atoms with Crippen LogP contribution in [0.1, 0.15) is 97.8 Å². The highest BCUT2D eigenvalue weighted by Gasteiger charge is 2.39. The molecule has 1 atom stereocenters. The van der Waals surface area contributed by atoms with Crippen LogP contribution in [0.15, 0.2) is 0 Å². The van der Waals surface area contributed by atoms with Gasteiger partial charge in [0.2, 0.25) is 5.91 Å². The Kier molecular flexibility index (Phi) is 8.93. The van der Waals surface area contributed by atoms with Crippen LogP contribution in [-0.4, -0.2) is 46.6 Å². The van der Waals surface area contributed by atoms with Crippen LogP contribution in [0, 0.1) is 0 Å². The number of carbonyl (C=O) groups is 3. The minimum absolute atomic E-state index is 0.0257. The minimum Gasteiger partial charge on any atom is -0.548 e. The minimum atomic E-state index is -1.43. The largest absolute Gasteiger partial charge is 0.548 e. The summed E-state index contributed by atoms with van der Waals surface area (Å²) in [5.74, 6) is -1.97. The predicted octanol–water partition coefficient (Wildman–Crippen LogP) is 1.88. The van der Waals surface area contributed by atoms with Crippen LogP contribution in [-0.2, 0) is 14.3 Å². The van der Waals surface area contributed by atoms with Gasteiger partial charge in [-0.05, 0) is 78.6 Å². The van der Waals surface area contributed by atoms with Crippen molar-refractivity contribution in [2.75, 3.05) is 0 Å². The van der Waals surface area contributed by atoms with E-state index in [2.05, 4.69) is 5.32 Å². The summed E-state index contributed by atoms with van der Waals surface area (Å²) in [7, 11) is 0. The van der Waals surface area contributed by atoms with Gasteiger partial charge in [0.25, 0.3) is 0 Å². The van der Waals surface area contributed by atoms with E-state index in [-0.39, 0.29) is 12.8 Å². The van der Waals surface area contributed by atoms with Gasteiger partial charge in [-0.15, -0.1) is 0 Å². The van der Waals surface area contributed by atoms with E-state index in [4.69, 9.17) is 4.74 Å². The van der Waals surface area contributed by atoms with Gasteiger partial charge in [-0.2, -0.15) is 0 Å². The lowest BCUT2D eigenvalue weighted by Gasteiger charge is -2.27. The maximum Gasteiger partial charge on any atom is 0.417 e. The predicted molar refractivity (Wildman–Crippen MR) is 107 cm³/mol. The fourth-order valence-electron chi connectivity index (χ4n) is 4.49. The number of nitrogens with zero attached hydrogens (tertiary/aromatic N) is 1. The number of hydrogen-bond donors (Lipinski definition) is 1. The molecule has 2 amide bonds. The highest BCUT2D eigenvalue weighted by Crippen LogP contribution is 2.21. The maximum atomic E-state index is 11.6. The Morgan fingerprint density at radius 1 is 0.931 bits per heavy atom. The van der Waals surface area contributed by atoms with Crippen LogP contribution in [0.5, 0.6) is 0 Å². The third-order valence-electron chi connectivity index (χ3n) is 5.92. The van der Waals surface area contributed by atoms with Crippen LogP contribution in [0.2, 0.25) is 0 Å². The highest BCUT2D eigenvalue weighted by atomic mass is 16.6. The van der Waals surface area contributed by atoms with Gasteiger partial charge in [0, 0.05) is 6.42 Å². The third kappa shape index (κ3) is 7.96. The quantitative estimate of drug-likeness (QED) is 0.765. The van der Waals surface area contributed by atoms with Crippen LogP contribution < -0.4 is 10.4 Å².